The number of hydrogen-bond donors (Lipinski definition) is 1. The maximum Gasteiger partial charge on any atom is 0.223 e. The fraction of sp³-hybridized carbons (Fsp3) is 0.600. The predicted octanol–water partition coefficient (Wildman–Crippen LogP) is 4.25. The number of aromatic nitrogens is 1. The zero-order valence-electron chi connectivity index (χ0n) is 15.4. The second-order valence-electron chi connectivity index (χ2n) is 6.79. The van der Waals surface area contributed by atoms with Crippen LogP contribution in [0.5, 0.6) is 0 Å². The second kappa shape index (κ2) is 12.7. The molecular formula is C20H32N2OU. The third-order valence-electron chi connectivity index (χ3n) is 4.77. The van der Waals surface area contributed by atoms with Crippen LogP contribution < -0.4 is 5.32 Å². The molecule has 1 saturated carbocycles. The van der Waals surface area contributed by atoms with Crippen LogP contribution in [0.3, 0.4) is 0 Å². The quantitative estimate of drug-likeness (QED) is 0.554. The summed E-state index contributed by atoms with van der Waals surface area (Å²) >= 11 is 0. The van der Waals surface area contributed by atoms with Gasteiger partial charge < -0.3 is 5.32 Å². The summed E-state index contributed by atoms with van der Waals surface area (Å²) in [6, 6.07) is 5.91. The largest absolute Gasteiger partial charge is 0.355 e. The van der Waals surface area contributed by atoms with Gasteiger partial charge in [0.15, 0.2) is 0 Å². The molecule has 1 aliphatic carbocycles. The van der Waals surface area contributed by atoms with E-state index in [0.717, 1.165) is 18.5 Å². The Hall–Kier alpha value is -0.588. The molecule has 1 fully saturated rings. The first kappa shape index (κ1) is 23.4. The molecule has 0 bridgehead atoms. The summed E-state index contributed by atoms with van der Waals surface area (Å²) in [6.07, 6.45) is 6.10. The molecule has 1 aromatic heterocycles. The minimum Gasteiger partial charge on any atom is -0.355 e. The van der Waals surface area contributed by atoms with Crippen molar-refractivity contribution >= 4 is 5.91 Å². The molecule has 132 valence electrons. The van der Waals surface area contributed by atoms with Gasteiger partial charge in [0.25, 0.3) is 0 Å². The van der Waals surface area contributed by atoms with Gasteiger partial charge in [-0.15, -0.1) is 13.2 Å². The molecule has 0 aromatic carbocycles. The molecule has 1 amide bonds. The molecule has 0 radical (unpaired) electrons. The second-order valence-corrected chi connectivity index (χ2v) is 6.79. The molecular weight excluding hydrogens is 522 g/mol. The molecule has 1 N–H and O–H groups in total. The number of hydrogen-bond acceptors (Lipinski definition) is 2. The molecule has 0 aliphatic heterocycles. The number of carbonyl (C=O) groups is 1. The van der Waals surface area contributed by atoms with E-state index in [-0.39, 0.29) is 42.9 Å². The first-order valence-corrected chi connectivity index (χ1v) is 8.75. The van der Waals surface area contributed by atoms with Gasteiger partial charge in [-0.05, 0) is 42.7 Å². The van der Waals surface area contributed by atoms with Crippen molar-refractivity contribution in [1.82, 2.24) is 10.3 Å². The van der Waals surface area contributed by atoms with Gasteiger partial charge in [-0.2, -0.15) is 0 Å². The molecule has 1 aliphatic rings. The van der Waals surface area contributed by atoms with E-state index in [1.807, 2.05) is 18.2 Å². The van der Waals surface area contributed by atoms with Crippen LogP contribution in [-0.4, -0.2) is 17.4 Å². The average Bonchev–Trinajstić information content (AvgIpc) is 2.57. The van der Waals surface area contributed by atoms with Crippen molar-refractivity contribution in [3.63, 3.8) is 0 Å². The summed E-state index contributed by atoms with van der Waals surface area (Å²) in [7, 11) is 0. The van der Waals surface area contributed by atoms with Gasteiger partial charge in [0.2, 0.25) is 5.91 Å². The Morgan fingerprint density at radius 3 is 2.62 bits per heavy atom. The Morgan fingerprint density at radius 1 is 1.33 bits per heavy atom. The molecule has 2 rings (SSSR count). The Kier molecular flexibility index (Phi) is 12.4. The minimum absolute atomic E-state index is 0. The zero-order chi connectivity index (χ0) is 17.2. The van der Waals surface area contributed by atoms with Crippen LogP contribution in [0.4, 0.5) is 0 Å². The number of carbonyl (C=O) groups excluding carboxylic acids is 1. The van der Waals surface area contributed by atoms with Gasteiger partial charge >= 0.3 is 0 Å². The van der Waals surface area contributed by atoms with Crippen LogP contribution >= 0.6 is 0 Å². The van der Waals surface area contributed by atoms with Crippen LogP contribution in [0.1, 0.15) is 45.7 Å². The molecule has 1 heterocycles. The van der Waals surface area contributed by atoms with E-state index in [4.69, 9.17) is 0 Å². The molecule has 0 spiro atoms. The van der Waals surface area contributed by atoms with E-state index < -0.39 is 0 Å². The third kappa shape index (κ3) is 7.53. The monoisotopic (exact) mass is 554 g/mol. The molecule has 3 nitrogen and oxygen atoms in total. The normalized spacial score (nSPS) is 22.8. The van der Waals surface area contributed by atoms with Crippen LogP contribution in [-0.2, 0) is 11.2 Å². The van der Waals surface area contributed by atoms with Crippen LogP contribution in [0.25, 0.3) is 0 Å². The molecule has 1 aromatic rings. The molecule has 3 atom stereocenters. The first-order chi connectivity index (χ1) is 11.1. The fourth-order valence-electron chi connectivity index (χ4n) is 3.49. The SMILES string of the molecule is C=C.CC(C)[C@@H]1CC[C@@H](C)C[C@H]1C(=O)NCCc1ccccn1.[U]. The van der Waals surface area contributed by atoms with E-state index in [0.29, 0.717) is 24.3 Å². The van der Waals surface area contributed by atoms with E-state index in [9.17, 15) is 4.79 Å². The Balaban J connectivity index is 0.00000170. The number of pyridine rings is 1. The smallest absolute Gasteiger partial charge is 0.223 e. The number of amides is 1. The molecule has 0 saturated heterocycles. The van der Waals surface area contributed by atoms with Crippen molar-refractivity contribution in [2.24, 2.45) is 23.7 Å². The zero-order valence-corrected chi connectivity index (χ0v) is 19.6. The summed E-state index contributed by atoms with van der Waals surface area (Å²) in [5.74, 6) is 2.24. The molecule has 0 unspecified atom stereocenters. The minimum atomic E-state index is 0. The Morgan fingerprint density at radius 2 is 2.04 bits per heavy atom. The van der Waals surface area contributed by atoms with Gasteiger partial charge in [-0.25, -0.2) is 0 Å². The Bertz CT molecular complexity index is 464. The summed E-state index contributed by atoms with van der Waals surface area (Å²) < 4.78 is 0. The third-order valence-corrected chi connectivity index (χ3v) is 4.77. The van der Waals surface area contributed by atoms with Gasteiger partial charge in [0.05, 0.1) is 0 Å². The number of nitrogens with zero attached hydrogens (tertiary/aromatic N) is 1. The summed E-state index contributed by atoms with van der Waals surface area (Å²) in [5.41, 5.74) is 1.04. The molecule has 24 heavy (non-hydrogen) atoms. The molecule has 4 heteroatoms. The summed E-state index contributed by atoms with van der Waals surface area (Å²) in [6.45, 7) is 13.4. The van der Waals surface area contributed by atoms with Crippen molar-refractivity contribution < 1.29 is 35.9 Å². The number of nitrogens with one attached hydrogen (secondary N) is 1. The first-order valence-electron chi connectivity index (χ1n) is 8.75. The van der Waals surface area contributed by atoms with Gasteiger partial charge in [0.1, 0.15) is 0 Å². The van der Waals surface area contributed by atoms with Crippen LogP contribution in [0.2, 0.25) is 0 Å². The maximum atomic E-state index is 12.5. The summed E-state index contributed by atoms with van der Waals surface area (Å²) in [5, 5.41) is 3.13. The fourth-order valence-corrected chi connectivity index (χ4v) is 3.49. The maximum absolute atomic E-state index is 12.5. The van der Waals surface area contributed by atoms with Gasteiger partial charge in [-0.3, -0.25) is 9.78 Å². The van der Waals surface area contributed by atoms with Crippen molar-refractivity contribution in [2.75, 3.05) is 6.54 Å². The number of rotatable bonds is 5. The van der Waals surface area contributed by atoms with Crippen molar-refractivity contribution in [3.8, 4) is 0 Å². The van der Waals surface area contributed by atoms with Crippen molar-refractivity contribution in [3.05, 3.63) is 43.2 Å². The van der Waals surface area contributed by atoms with Crippen LogP contribution in [0.15, 0.2) is 37.6 Å². The van der Waals surface area contributed by atoms with Gasteiger partial charge in [-0.1, -0.05) is 33.3 Å². The van der Waals surface area contributed by atoms with Crippen LogP contribution in [0, 0.1) is 54.8 Å². The standard InChI is InChI=1S/C18H28N2O.C2H4.U/c1-13(2)16-8-7-14(3)12-17(16)18(21)20-11-9-15-6-4-5-10-19-15;1-2;/h4-6,10,13-14,16-17H,7-9,11-12H2,1-3H3,(H,20,21);1-2H2;/t14-,16+,17-;;/m1../s1. The average molecular weight is 555 g/mol. The topological polar surface area (TPSA) is 42.0 Å². The predicted molar refractivity (Wildman–Crippen MR) is 97.0 cm³/mol. The van der Waals surface area contributed by atoms with Crippen molar-refractivity contribution in [2.45, 2.75) is 46.5 Å². The van der Waals surface area contributed by atoms with Gasteiger partial charge in [0, 0.05) is 61.9 Å². The van der Waals surface area contributed by atoms with Crippen molar-refractivity contribution in [1.29, 1.82) is 0 Å². The Labute approximate surface area is 171 Å². The van der Waals surface area contributed by atoms with E-state index >= 15 is 0 Å². The van der Waals surface area contributed by atoms with E-state index in [2.05, 4.69) is 44.2 Å². The van der Waals surface area contributed by atoms with E-state index in [1.54, 1.807) is 6.20 Å². The summed E-state index contributed by atoms with van der Waals surface area (Å²) in [4.78, 5) is 16.8. The van der Waals surface area contributed by atoms with E-state index in [1.165, 1.54) is 12.8 Å².